The van der Waals surface area contributed by atoms with E-state index in [2.05, 4.69) is 22.2 Å². The van der Waals surface area contributed by atoms with Crippen LogP contribution in [-0.2, 0) is 19.5 Å². The van der Waals surface area contributed by atoms with Gasteiger partial charge >= 0.3 is 0 Å². The van der Waals surface area contributed by atoms with Crippen LogP contribution in [0.2, 0.25) is 0 Å². The predicted octanol–water partition coefficient (Wildman–Crippen LogP) is 1.07. The molecule has 0 bridgehead atoms. The van der Waals surface area contributed by atoms with E-state index in [4.69, 9.17) is 0 Å². The van der Waals surface area contributed by atoms with Gasteiger partial charge in [-0.25, -0.2) is 0 Å². The molecular weight excluding hydrogens is 162 g/mol. The summed E-state index contributed by atoms with van der Waals surface area (Å²) in [5, 5.41) is 0. The minimum Gasteiger partial charge on any atom is -0.338 e. The van der Waals surface area contributed by atoms with Gasteiger partial charge in [0.2, 0.25) is 0 Å². The molecule has 0 aliphatic rings. The number of nitrogens with one attached hydrogen (secondary N) is 2. The first-order valence-corrected chi connectivity index (χ1v) is 2.02. The van der Waals surface area contributed by atoms with Gasteiger partial charge in [-0.2, -0.15) is 0 Å². The summed E-state index contributed by atoms with van der Waals surface area (Å²) in [6.07, 6.45) is 3.50. The third-order valence-electron chi connectivity index (χ3n) is 0.512. The van der Waals surface area contributed by atoms with Crippen LogP contribution >= 0.6 is 12.2 Å². The summed E-state index contributed by atoms with van der Waals surface area (Å²) in [5.41, 5.74) is 0. The molecule has 1 aromatic heterocycles. The standard InChI is InChI=1S/C3H4N2S.Zn/c6-3-4-1-2-5-3;/h1-2H,(H2,4,5,6);. The van der Waals surface area contributed by atoms with Crippen molar-refractivity contribution in [2.24, 2.45) is 0 Å². The van der Waals surface area contributed by atoms with Crippen LogP contribution in [0, 0.1) is 4.77 Å². The summed E-state index contributed by atoms with van der Waals surface area (Å²) in [6, 6.07) is 0. The van der Waals surface area contributed by atoms with Gasteiger partial charge in [-0.05, 0) is 12.2 Å². The number of imidazole rings is 1. The van der Waals surface area contributed by atoms with Crippen molar-refractivity contribution in [3.8, 4) is 0 Å². The zero-order valence-corrected chi connectivity index (χ0v) is 7.55. The van der Waals surface area contributed by atoms with E-state index in [1.165, 1.54) is 0 Å². The molecule has 0 spiro atoms. The van der Waals surface area contributed by atoms with E-state index in [0.717, 1.165) is 0 Å². The van der Waals surface area contributed by atoms with Gasteiger partial charge in [0, 0.05) is 31.9 Å². The van der Waals surface area contributed by atoms with Crippen molar-refractivity contribution in [3.05, 3.63) is 17.2 Å². The largest absolute Gasteiger partial charge is 0.338 e. The summed E-state index contributed by atoms with van der Waals surface area (Å²) in [7, 11) is 0. The van der Waals surface area contributed by atoms with E-state index in [1.54, 1.807) is 12.4 Å². The quantitative estimate of drug-likeness (QED) is 0.437. The molecule has 0 amide bonds. The minimum atomic E-state index is 0. The fourth-order valence-corrected chi connectivity index (χ4v) is 0.412. The molecule has 1 heterocycles. The number of H-pyrrole nitrogens is 2. The Hall–Kier alpha value is 0.0534. The molecule has 1 rings (SSSR count). The molecule has 0 aliphatic carbocycles. The number of hydrogen-bond acceptors (Lipinski definition) is 1. The monoisotopic (exact) mass is 164 g/mol. The van der Waals surface area contributed by atoms with Gasteiger partial charge in [0.25, 0.3) is 0 Å². The Balaban J connectivity index is 0.000000360. The first kappa shape index (κ1) is 7.05. The molecular formula is C3H4N2SZn. The Bertz CT molecular complexity index is 151. The van der Waals surface area contributed by atoms with Crippen molar-refractivity contribution in [1.29, 1.82) is 0 Å². The maximum atomic E-state index is 4.63. The Labute approximate surface area is 59.1 Å². The van der Waals surface area contributed by atoms with Gasteiger partial charge in [0.1, 0.15) is 0 Å². The number of aromatic amines is 2. The Morgan fingerprint density at radius 1 is 1.29 bits per heavy atom. The van der Waals surface area contributed by atoms with Crippen molar-refractivity contribution in [3.63, 3.8) is 0 Å². The van der Waals surface area contributed by atoms with E-state index in [9.17, 15) is 0 Å². The summed E-state index contributed by atoms with van der Waals surface area (Å²) in [5.74, 6) is 0. The van der Waals surface area contributed by atoms with Crippen LogP contribution in [0.1, 0.15) is 0 Å². The molecule has 7 heavy (non-hydrogen) atoms. The van der Waals surface area contributed by atoms with Gasteiger partial charge in [-0.1, -0.05) is 0 Å². The second kappa shape index (κ2) is 3.11. The third-order valence-corrected chi connectivity index (χ3v) is 0.748. The molecule has 0 saturated heterocycles. The molecule has 0 aliphatic heterocycles. The molecule has 1 aromatic rings. The summed E-state index contributed by atoms with van der Waals surface area (Å²) >= 11 is 4.63. The molecule has 2 N–H and O–H groups in total. The molecule has 34 valence electrons. The first-order chi connectivity index (χ1) is 2.89. The summed E-state index contributed by atoms with van der Waals surface area (Å²) < 4.78 is 0.676. The molecule has 0 unspecified atom stereocenters. The van der Waals surface area contributed by atoms with Crippen LogP contribution in [0.3, 0.4) is 0 Å². The molecule has 0 radical (unpaired) electrons. The molecule has 2 nitrogen and oxygen atoms in total. The van der Waals surface area contributed by atoms with Gasteiger partial charge < -0.3 is 9.97 Å². The van der Waals surface area contributed by atoms with Crippen LogP contribution in [0.5, 0.6) is 0 Å². The minimum absolute atomic E-state index is 0. The number of aromatic nitrogens is 2. The predicted molar refractivity (Wildman–Crippen MR) is 26.0 cm³/mol. The van der Waals surface area contributed by atoms with Crippen molar-refractivity contribution < 1.29 is 19.5 Å². The second-order valence-corrected chi connectivity index (χ2v) is 1.36. The smallest absolute Gasteiger partial charge is 0.174 e. The van der Waals surface area contributed by atoms with E-state index in [0.29, 0.717) is 4.77 Å². The van der Waals surface area contributed by atoms with Crippen molar-refractivity contribution in [2.45, 2.75) is 0 Å². The maximum absolute atomic E-state index is 4.63. The summed E-state index contributed by atoms with van der Waals surface area (Å²) in [4.78, 5) is 5.52. The fourth-order valence-electron chi connectivity index (χ4n) is 0.276. The third kappa shape index (κ3) is 2.00. The van der Waals surface area contributed by atoms with Gasteiger partial charge in [0.05, 0.1) is 0 Å². The van der Waals surface area contributed by atoms with Crippen LogP contribution < -0.4 is 0 Å². The zero-order chi connectivity index (χ0) is 4.41. The van der Waals surface area contributed by atoms with Gasteiger partial charge in [-0.15, -0.1) is 0 Å². The topological polar surface area (TPSA) is 31.6 Å². The number of hydrogen-bond donors (Lipinski definition) is 2. The van der Waals surface area contributed by atoms with E-state index < -0.39 is 0 Å². The van der Waals surface area contributed by atoms with Crippen LogP contribution in [0.4, 0.5) is 0 Å². The second-order valence-electron chi connectivity index (χ2n) is 0.951. The van der Waals surface area contributed by atoms with Crippen molar-refractivity contribution >= 4 is 12.2 Å². The zero-order valence-electron chi connectivity index (χ0n) is 3.77. The molecule has 4 heteroatoms. The van der Waals surface area contributed by atoms with Crippen LogP contribution in [0.15, 0.2) is 12.4 Å². The fraction of sp³-hybridized carbons (Fsp3) is 0. The van der Waals surface area contributed by atoms with Gasteiger partial charge in [-0.3, -0.25) is 0 Å². The molecule has 0 saturated carbocycles. The molecule has 0 atom stereocenters. The van der Waals surface area contributed by atoms with Crippen molar-refractivity contribution in [2.75, 3.05) is 0 Å². The van der Waals surface area contributed by atoms with Crippen LogP contribution in [-0.4, -0.2) is 9.97 Å². The van der Waals surface area contributed by atoms with Gasteiger partial charge in [0.15, 0.2) is 4.77 Å². The Morgan fingerprint density at radius 2 is 1.71 bits per heavy atom. The maximum Gasteiger partial charge on any atom is 0.174 e. The van der Waals surface area contributed by atoms with Crippen LogP contribution in [0.25, 0.3) is 0 Å². The SMILES string of the molecule is S=c1[nH]cc[nH]1.[Zn]. The Kier molecular flexibility index (Phi) is 3.13. The summed E-state index contributed by atoms with van der Waals surface area (Å²) in [6.45, 7) is 0. The normalized spacial score (nSPS) is 7.43. The van der Waals surface area contributed by atoms with E-state index in [-0.39, 0.29) is 19.5 Å². The average molecular weight is 166 g/mol. The number of rotatable bonds is 0. The van der Waals surface area contributed by atoms with Crippen molar-refractivity contribution in [1.82, 2.24) is 9.97 Å². The molecule has 0 fully saturated rings. The molecule has 0 aromatic carbocycles. The first-order valence-electron chi connectivity index (χ1n) is 1.61. The Morgan fingerprint density at radius 3 is 1.86 bits per heavy atom. The average Bonchev–Trinajstić information content (AvgIpc) is 1.86. The van der Waals surface area contributed by atoms with E-state index in [1.807, 2.05) is 0 Å². The van der Waals surface area contributed by atoms with E-state index >= 15 is 0 Å².